The van der Waals surface area contributed by atoms with E-state index in [1.165, 1.54) is 5.56 Å². The van der Waals surface area contributed by atoms with Crippen molar-refractivity contribution in [3.05, 3.63) is 65.2 Å². The predicted octanol–water partition coefficient (Wildman–Crippen LogP) is 3.55. The Morgan fingerprint density at radius 3 is 2.82 bits per heavy atom. The second-order valence-corrected chi connectivity index (χ2v) is 5.65. The molecule has 1 amide bonds. The van der Waals surface area contributed by atoms with E-state index in [1.54, 1.807) is 0 Å². The molecule has 22 heavy (non-hydrogen) atoms. The Labute approximate surface area is 131 Å². The molecular weight excluding hydrogens is 274 g/mol. The Morgan fingerprint density at radius 2 is 2.05 bits per heavy atom. The number of carbonyl (C=O) groups is 1. The zero-order valence-corrected chi connectivity index (χ0v) is 12.8. The SMILES string of the molecule is CCC(CNC(=O)c1ccc2c(c1)CCO2)c1ccccc1. The van der Waals surface area contributed by atoms with Gasteiger partial charge < -0.3 is 10.1 Å². The van der Waals surface area contributed by atoms with Gasteiger partial charge in [-0.2, -0.15) is 0 Å². The summed E-state index contributed by atoms with van der Waals surface area (Å²) in [5, 5.41) is 3.06. The lowest BCUT2D eigenvalue weighted by atomic mass is 9.96. The molecular formula is C19H21NO2. The van der Waals surface area contributed by atoms with Gasteiger partial charge in [0.1, 0.15) is 5.75 Å². The summed E-state index contributed by atoms with van der Waals surface area (Å²) in [6.07, 6.45) is 1.89. The van der Waals surface area contributed by atoms with Crippen LogP contribution in [0, 0.1) is 0 Å². The maximum absolute atomic E-state index is 12.3. The number of amides is 1. The van der Waals surface area contributed by atoms with Crippen molar-refractivity contribution in [2.45, 2.75) is 25.7 Å². The summed E-state index contributed by atoms with van der Waals surface area (Å²) < 4.78 is 5.47. The van der Waals surface area contributed by atoms with Gasteiger partial charge in [-0.05, 0) is 35.7 Å². The van der Waals surface area contributed by atoms with Crippen molar-refractivity contribution >= 4 is 5.91 Å². The van der Waals surface area contributed by atoms with Crippen LogP contribution in [0.25, 0.3) is 0 Å². The first-order chi connectivity index (χ1) is 10.8. The van der Waals surface area contributed by atoms with E-state index in [4.69, 9.17) is 4.74 Å². The first-order valence-corrected chi connectivity index (χ1v) is 7.87. The van der Waals surface area contributed by atoms with Crippen LogP contribution >= 0.6 is 0 Å². The fourth-order valence-electron chi connectivity index (χ4n) is 2.87. The number of nitrogens with one attached hydrogen (secondary N) is 1. The molecule has 2 aromatic carbocycles. The second-order valence-electron chi connectivity index (χ2n) is 5.65. The Kier molecular flexibility index (Phi) is 4.42. The lowest BCUT2D eigenvalue weighted by Crippen LogP contribution is -2.28. The molecule has 2 aromatic rings. The van der Waals surface area contributed by atoms with Crippen molar-refractivity contribution in [1.82, 2.24) is 5.32 Å². The molecule has 1 unspecified atom stereocenters. The summed E-state index contributed by atoms with van der Waals surface area (Å²) in [5.74, 6) is 1.25. The summed E-state index contributed by atoms with van der Waals surface area (Å²) in [6.45, 7) is 3.52. The smallest absolute Gasteiger partial charge is 0.251 e. The van der Waals surface area contributed by atoms with E-state index < -0.39 is 0 Å². The normalized spacial score (nSPS) is 14.0. The van der Waals surface area contributed by atoms with E-state index in [-0.39, 0.29) is 5.91 Å². The molecule has 3 heteroatoms. The van der Waals surface area contributed by atoms with Crippen molar-refractivity contribution in [3.8, 4) is 5.75 Å². The molecule has 0 saturated carbocycles. The average molecular weight is 295 g/mol. The zero-order chi connectivity index (χ0) is 15.4. The number of hydrogen-bond acceptors (Lipinski definition) is 2. The Morgan fingerprint density at radius 1 is 1.23 bits per heavy atom. The summed E-state index contributed by atoms with van der Waals surface area (Å²) in [5.41, 5.74) is 3.11. The minimum Gasteiger partial charge on any atom is -0.493 e. The summed E-state index contributed by atoms with van der Waals surface area (Å²) in [6, 6.07) is 16.0. The van der Waals surface area contributed by atoms with Crippen LogP contribution in [0.4, 0.5) is 0 Å². The lowest BCUT2D eigenvalue weighted by Gasteiger charge is -2.16. The highest BCUT2D eigenvalue weighted by molar-refractivity contribution is 5.94. The molecule has 1 N–H and O–H groups in total. The Bertz CT molecular complexity index is 652. The quantitative estimate of drug-likeness (QED) is 0.916. The number of fused-ring (bicyclic) bond motifs is 1. The monoisotopic (exact) mass is 295 g/mol. The van der Waals surface area contributed by atoms with Gasteiger partial charge in [-0.25, -0.2) is 0 Å². The number of rotatable bonds is 5. The van der Waals surface area contributed by atoms with Gasteiger partial charge in [-0.15, -0.1) is 0 Å². The molecule has 1 aliphatic rings. The largest absolute Gasteiger partial charge is 0.493 e. The van der Waals surface area contributed by atoms with Crippen LogP contribution in [0.3, 0.4) is 0 Å². The van der Waals surface area contributed by atoms with Gasteiger partial charge in [0.15, 0.2) is 0 Å². The third-order valence-corrected chi connectivity index (χ3v) is 4.22. The molecule has 0 saturated heterocycles. The third-order valence-electron chi connectivity index (χ3n) is 4.22. The minimum atomic E-state index is -0.0101. The number of benzene rings is 2. The van der Waals surface area contributed by atoms with Gasteiger partial charge in [-0.3, -0.25) is 4.79 Å². The van der Waals surface area contributed by atoms with E-state index in [0.29, 0.717) is 24.6 Å². The van der Waals surface area contributed by atoms with Crippen LogP contribution in [0.2, 0.25) is 0 Å². The molecule has 1 aliphatic heterocycles. The van der Waals surface area contributed by atoms with E-state index >= 15 is 0 Å². The fourth-order valence-corrected chi connectivity index (χ4v) is 2.87. The molecule has 3 rings (SSSR count). The summed E-state index contributed by atoms with van der Waals surface area (Å²) in [4.78, 5) is 12.3. The average Bonchev–Trinajstić information content (AvgIpc) is 3.03. The predicted molar refractivity (Wildman–Crippen MR) is 87.4 cm³/mol. The highest BCUT2D eigenvalue weighted by Crippen LogP contribution is 2.26. The first kappa shape index (κ1) is 14.6. The number of hydrogen-bond donors (Lipinski definition) is 1. The van der Waals surface area contributed by atoms with Gasteiger partial charge in [0.2, 0.25) is 0 Å². The molecule has 3 nitrogen and oxygen atoms in total. The molecule has 0 bridgehead atoms. The molecule has 0 radical (unpaired) electrons. The van der Waals surface area contributed by atoms with E-state index in [1.807, 2.05) is 36.4 Å². The highest BCUT2D eigenvalue weighted by Gasteiger charge is 2.16. The fraction of sp³-hybridized carbons (Fsp3) is 0.316. The molecule has 1 atom stereocenters. The van der Waals surface area contributed by atoms with Crippen molar-refractivity contribution in [2.24, 2.45) is 0 Å². The number of carbonyl (C=O) groups excluding carboxylic acids is 1. The van der Waals surface area contributed by atoms with Gasteiger partial charge in [0, 0.05) is 24.4 Å². The van der Waals surface area contributed by atoms with Crippen LogP contribution in [0.15, 0.2) is 48.5 Å². The van der Waals surface area contributed by atoms with E-state index in [0.717, 1.165) is 24.2 Å². The highest BCUT2D eigenvalue weighted by atomic mass is 16.5. The standard InChI is InChI=1S/C19H21NO2/c1-2-14(15-6-4-3-5-7-15)13-20-19(21)17-8-9-18-16(12-17)10-11-22-18/h3-9,12,14H,2,10-11,13H2,1H3,(H,20,21). The van der Waals surface area contributed by atoms with Crippen molar-refractivity contribution < 1.29 is 9.53 Å². The lowest BCUT2D eigenvalue weighted by molar-refractivity contribution is 0.0951. The topological polar surface area (TPSA) is 38.3 Å². The maximum atomic E-state index is 12.3. The van der Waals surface area contributed by atoms with Crippen LogP contribution in [-0.2, 0) is 6.42 Å². The van der Waals surface area contributed by atoms with Crippen LogP contribution in [0.1, 0.15) is 40.7 Å². The van der Waals surface area contributed by atoms with Gasteiger partial charge in [0.05, 0.1) is 6.61 Å². The summed E-state index contributed by atoms with van der Waals surface area (Å²) >= 11 is 0. The maximum Gasteiger partial charge on any atom is 0.251 e. The molecule has 0 fully saturated rings. The van der Waals surface area contributed by atoms with Crippen molar-refractivity contribution in [2.75, 3.05) is 13.2 Å². The summed E-state index contributed by atoms with van der Waals surface area (Å²) in [7, 11) is 0. The van der Waals surface area contributed by atoms with Crippen LogP contribution in [-0.4, -0.2) is 19.1 Å². The van der Waals surface area contributed by atoms with Crippen LogP contribution in [0.5, 0.6) is 5.75 Å². The van der Waals surface area contributed by atoms with E-state index in [2.05, 4.69) is 24.4 Å². The Balaban J connectivity index is 1.64. The van der Waals surface area contributed by atoms with Gasteiger partial charge in [-0.1, -0.05) is 37.3 Å². The van der Waals surface area contributed by atoms with Gasteiger partial charge in [0.25, 0.3) is 5.91 Å². The first-order valence-electron chi connectivity index (χ1n) is 7.87. The van der Waals surface area contributed by atoms with Crippen LogP contribution < -0.4 is 10.1 Å². The van der Waals surface area contributed by atoms with Crippen molar-refractivity contribution in [3.63, 3.8) is 0 Å². The number of ether oxygens (including phenoxy) is 1. The zero-order valence-electron chi connectivity index (χ0n) is 12.8. The van der Waals surface area contributed by atoms with E-state index in [9.17, 15) is 4.79 Å². The minimum absolute atomic E-state index is 0.0101. The Hall–Kier alpha value is -2.29. The molecule has 0 aromatic heterocycles. The van der Waals surface area contributed by atoms with Crippen molar-refractivity contribution in [1.29, 1.82) is 0 Å². The molecule has 0 aliphatic carbocycles. The molecule has 1 heterocycles. The third kappa shape index (κ3) is 3.14. The van der Waals surface area contributed by atoms with Gasteiger partial charge >= 0.3 is 0 Å². The second kappa shape index (κ2) is 6.65. The molecule has 0 spiro atoms. The molecule has 114 valence electrons.